The molecule has 14 heavy (non-hydrogen) atoms. The van der Waals surface area contributed by atoms with E-state index in [2.05, 4.69) is 31.2 Å². The Hall–Kier alpha value is -0.840. The number of aromatic nitrogens is 2. The molecule has 0 aliphatic rings. The van der Waals surface area contributed by atoms with Gasteiger partial charge in [-0.2, -0.15) is 0 Å². The smallest absolute Gasteiger partial charge is 0.221 e. The van der Waals surface area contributed by atoms with Gasteiger partial charge in [-0.3, -0.25) is 4.79 Å². The third-order valence-electron chi connectivity index (χ3n) is 1.91. The minimum Gasteiger partial charge on any atom is -0.347 e. The summed E-state index contributed by atoms with van der Waals surface area (Å²) in [5, 5.41) is 3.60. The summed E-state index contributed by atoms with van der Waals surface area (Å²) >= 11 is 3.23. The number of aromatic amines is 1. The van der Waals surface area contributed by atoms with E-state index in [-0.39, 0.29) is 11.9 Å². The standard InChI is InChI=1S/C9H14BrN3O/c1-2-7(9-11-5-6-12-9)13-8(14)3-4-10/h5-7H,2-4H2,1H3,(H,11,12)(H,13,14). The Balaban J connectivity index is 2.51. The average Bonchev–Trinajstić information content (AvgIpc) is 2.67. The molecular weight excluding hydrogens is 246 g/mol. The second kappa shape index (κ2) is 5.80. The van der Waals surface area contributed by atoms with Gasteiger partial charge >= 0.3 is 0 Å². The molecule has 0 aromatic carbocycles. The molecule has 0 spiro atoms. The molecule has 0 fully saturated rings. The second-order valence-electron chi connectivity index (χ2n) is 2.94. The lowest BCUT2D eigenvalue weighted by Crippen LogP contribution is -2.28. The highest BCUT2D eigenvalue weighted by Crippen LogP contribution is 2.11. The van der Waals surface area contributed by atoms with Crippen LogP contribution in [0.1, 0.15) is 31.6 Å². The van der Waals surface area contributed by atoms with Crippen LogP contribution in [0.2, 0.25) is 0 Å². The minimum atomic E-state index is -0.00319. The third-order valence-corrected chi connectivity index (χ3v) is 2.31. The highest BCUT2D eigenvalue weighted by molar-refractivity contribution is 9.09. The summed E-state index contributed by atoms with van der Waals surface area (Å²) in [6.07, 6.45) is 4.78. The van der Waals surface area contributed by atoms with Crippen LogP contribution in [0.5, 0.6) is 0 Å². The number of alkyl halides is 1. The van der Waals surface area contributed by atoms with E-state index >= 15 is 0 Å². The normalized spacial score (nSPS) is 12.4. The van der Waals surface area contributed by atoms with Crippen LogP contribution in [0.3, 0.4) is 0 Å². The third kappa shape index (κ3) is 3.14. The number of amides is 1. The van der Waals surface area contributed by atoms with Crippen molar-refractivity contribution in [1.82, 2.24) is 15.3 Å². The van der Waals surface area contributed by atoms with Crippen molar-refractivity contribution in [2.45, 2.75) is 25.8 Å². The zero-order valence-electron chi connectivity index (χ0n) is 8.09. The molecule has 1 aromatic heterocycles. The van der Waals surface area contributed by atoms with E-state index in [4.69, 9.17) is 0 Å². The number of halogens is 1. The van der Waals surface area contributed by atoms with Crippen molar-refractivity contribution >= 4 is 21.8 Å². The summed E-state index contributed by atoms with van der Waals surface area (Å²) in [5.41, 5.74) is 0. The van der Waals surface area contributed by atoms with Crippen LogP contribution in [-0.4, -0.2) is 21.2 Å². The topological polar surface area (TPSA) is 57.8 Å². The highest BCUT2D eigenvalue weighted by Gasteiger charge is 2.13. The van der Waals surface area contributed by atoms with Gasteiger partial charge in [0.2, 0.25) is 5.91 Å². The Morgan fingerprint density at radius 2 is 2.57 bits per heavy atom. The van der Waals surface area contributed by atoms with Crippen LogP contribution < -0.4 is 5.32 Å². The predicted octanol–water partition coefficient (Wildman–Crippen LogP) is 1.76. The van der Waals surface area contributed by atoms with Gasteiger partial charge in [0.25, 0.3) is 0 Å². The molecule has 1 heterocycles. The number of nitrogens with zero attached hydrogens (tertiary/aromatic N) is 1. The molecule has 0 saturated carbocycles. The molecule has 1 amide bonds. The van der Waals surface area contributed by atoms with Crippen molar-refractivity contribution in [2.24, 2.45) is 0 Å². The van der Waals surface area contributed by atoms with Crippen LogP contribution >= 0.6 is 15.9 Å². The molecular formula is C9H14BrN3O. The maximum absolute atomic E-state index is 11.3. The van der Waals surface area contributed by atoms with Crippen molar-refractivity contribution in [1.29, 1.82) is 0 Å². The van der Waals surface area contributed by atoms with Gasteiger partial charge in [-0.15, -0.1) is 0 Å². The van der Waals surface area contributed by atoms with Crippen molar-refractivity contribution in [2.75, 3.05) is 5.33 Å². The fourth-order valence-electron chi connectivity index (χ4n) is 1.18. The van der Waals surface area contributed by atoms with Crippen molar-refractivity contribution in [3.8, 4) is 0 Å². The minimum absolute atomic E-state index is 0.00319. The molecule has 0 aliphatic carbocycles. The first-order chi connectivity index (χ1) is 6.77. The van der Waals surface area contributed by atoms with Gasteiger partial charge in [-0.25, -0.2) is 4.98 Å². The van der Waals surface area contributed by atoms with Crippen LogP contribution in [0.4, 0.5) is 0 Å². The molecule has 78 valence electrons. The van der Waals surface area contributed by atoms with Gasteiger partial charge in [-0.05, 0) is 6.42 Å². The van der Waals surface area contributed by atoms with Gasteiger partial charge < -0.3 is 10.3 Å². The van der Waals surface area contributed by atoms with Gasteiger partial charge in [-0.1, -0.05) is 22.9 Å². The van der Waals surface area contributed by atoms with E-state index in [1.54, 1.807) is 12.4 Å². The van der Waals surface area contributed by atoms with Crippen LogP contribution in [0.15, 0.2) is 12.4 Å². The molecule has 5 heteroatoms. The van der Waals surface area contributed by atoms with E-state index in [9.17, 15) is 4.79 Å². The van der Waals surface area contributed by atoms with E-state index in [0.717, 1.165) is 12.2 Å². The van der Waals surface area contributed by atoms with Crippen LogP contribution in [-0.2, 0) is 4.79 Å². The highest BCUT2D eigenvalue weighted by atomic mass is 79.9. The summed E-state index contributed by atoms with van der Waals surface area (Å²) in [5.74, 6) is 0.862. The van der Waals surface area contributed by atoms with Crippen molar-refractivity contribution < 1.29 is 4.79 Å². The molecule has 1 rings (SSSR count). The fourth-order valence-corrected chi connectivity index (χ4v) is 1.54. The van der Waals surface area contributed by atoms with E-state index < -0.39 is 0 Å². The molecule has 1 atom stereocenters. The summed E-state index contributed by atoms with van der Waals surface area (Å²) in [6, 6.07) is -0.00319. The largest absolute Gasteiger partial charge is 0.347 e. The Morgan fingerprint density at radius 1 is 1.79 bits per heavy atom. The zero-order valence-corrected chi connectivity index (χ0v) is 9.67. The first-order valence-corrected chi connectivity index (χ1v) is 5.74. The van der Waals surface area contributed by atoms with Gasteiger partial charge in [0.05, 0.1) is 6.04 Å². The maximum atomic E-state index is 11.3. The van der Waals surface area contributed by atoms with E-state index in [1.165, 1.54) is 0 Å². The lowest BCUT2D eigenvalue weighted by Gasteiger charge is -2.13. The summed E-state index contributed by atoms with van der Waals surface area (Å²) in [7, 11) is 0. The van der Waals surface area contributed by atoms with Gasteiger partial charge in [0.15, 0.2) is 0 Å². The molecule has 0 aliphatic heterocycles. The zero-order chi connectivity index (χ0) is 10.4. The number of imidazole rings is 1. The Morgan fingerprint density at radius 3 is 3.07 bits per heavy atom. The molecule has 2 N–H and O–H groups in total. The second-order valence-corrected chi connectivity index (χ2v) is 3.73. The summed E-state index contributed by atoms with van der Waals surface area (Å²) in [4.78, 5) is 18.4. The lowest BCUT2D eigenvalue weighted by molar-refractivity contribution is -0.121. The summed E-state index contributed by atoms with van der Waals surface area (Å²) in [6.45, 7) is 2.02. The molecule has 4 nitrogen and oxygen atoms in total. The molecule has 1 unspecified atom stereocenters. The number of nitrogens with one attached hydrogen (secondary N) is 2. The number of carbonyl (C=O) groups is 1. The summed E-state index contributed by atoms with van der Waals surface area (Å²) < 4.78 is 0. The first-order valence-electron chi connectivity index (χ1n) is 4.62. The van der Waals surface area contributed by atoms with Crippen LogP contribution in [0, 0.1) is 0 Å². The average molecular weight is 260 g/mol. The lowest BCUT2D eigenvalue weighted by atomic mass is 10.2. The Kier molecular flexibility index (Phi) is 4.65. The number of hydrogen-bond donors (Lipinski definition) is 2. The van der Waals surface area contributed by atoms with E-state index in [1.807, 2.05) is 6.92 Å². The number of rotatable bonds is 5. The van der Waals surface area contributed by atoms with Gasteiger partial charge in [0, 0.05) is 24.1 Å². The molecule has 0 bridgehead atoms. The van der Waals surface area contributed by atoms with Gasteiger partial charge in [0.1, 0.15) is 5.82 Å². The van der Waals surface area contributed by atoms with Crippen LogP contribution in [0.25, 0.3) is 0 Å². The first kappa shape index (κ1) is 11.2. The van der Waals surface area contributed by atoms with Crippen molar-refractivity contribution in [3.63, 3.8) is 0 Å². The number of carbonyl (C=O) groups excluding carboxylic acids is 1. The fraction of sp³-hybridized carbons (Fsp3) is 0.556. The quantitative estimate of drug-likeness (QED) is 0.792. The predicted molar refractivity (Wildman–Crippen MR) is 58.2 cm³/mol. The number of hydrogen-bond acceptors (Lipinski definition) is 2. The van der Waals surface area contributed by atoms with E-state index in [0.29, 0.717) is 11.8 Å². The number of H-pyrrole nitrogens is 1. The molecule has 0 saturated heterocycles. The van der Waals surface area contributed by atoms with Crippen molar-refractivity contribution in [3.05, 3.63) is 18.2 Å². The SMILES string of the molecule is CCC(NC(=O)CCBr)c1ncc[nH]1. The molecule has 0 radical (unpaired) electrons. The maximum Gasteiger partial charge on any atom is 0.221 e. The molecule has 1 aromatic rings. The monoisotopic (exact) mass is 259 g/mol. The Bertz CT molecular complexity index is 274. The Labute approximate surface area is 91.6 Å².